The van der Waals surface area contributed by atoms with Crippen molar-refractivity contribution in [3.63, 3.8) is 0 Å². The quantitative estimate of drug-likeness (QED) is 0.452. The lowest BCUT2D eigenvalue weighted by molar-refractivity contribution is -0.260. The first-order valence-corrected chi connectivity index (χ1v) is 3.29. The Morgan fingerprint density at radius 3 is 1.21 bits per heavy atom. The summed E-state index contributed by atoms with van der Waals surface area (Å²) in [5, 5.41) is 7.82. The first kappa shape index (κ1) is 16.7. The van der Waals surface area contributed by atoms with E-state index in [1.807, 2.05) is 0 Å². The van der Waals surface area contributed by atoms with Gasteiger partial charge in [-0.05, 0) is 0 Å². The minimum atomic E-state index is -5.95. The number of carbonyl (C=O) groups is 1. The molecule has 0 amide bonds. The van der Waals surface area contributed by atoms with E-state index in [-0.39, 0.29) is 23.1 Å². The zero-order valence-corrected chi connectivity index (χ0v) is 7.09. The van der Waals surface area contributed by atoms with Gasteiger partial charge in [0, 0.05) is 0 Å². The molecule has 0 radical (unpaired) electrons. The predicted octanol–water partition coefficient (Wildman–Crippen LogP) is 1.41. The van der Waals surface area contributed by atoms with Crippen LogP contribution in [0.25, 0.3) is 0 Å². The summed E-state index contributed by atoms with van der Waals surface area (Å²) in [5.74, 6) is -3.05. The molecule has 0 aliphatic heterocycles. The first-order chi connectivity index (χ1) is 5.44. The summed E-state index contributed by atoms with van der Waals surface area (Å²) in [4.78, 5) is 9.83. The van der Waals surface area contributed by atoms with Crippen molar-refractivity contribution in [2.75, 3.05) is 0 Å². The van der Waals surface area contributed by atoms with Crippen LogP contribution in [0.5, 0.6) is 0 Å². The van der Waals surface area contributed by atoms with Crippen LogP contribution in [0, 0.1) is 0 Å². The highest BCUT2D eigenvalue weighted by molar-refractivity contribution is 9.10. The monoisotopic (exact) mass is 300 g/mol. The SMILES string of the molecule is O=C(O)C(Br)(C(F)(F)F)C(F)(F)F.[MgH2]. The van der Waals surface area contributed by atoms with Crippen LogP contribution in [0.2, 0.25) is 0 Å². The molecule has 0 atom stereocenters. The fourth-order valence-corrected chi connectivity index (χ4v) is 0.403. The third-order valence-electron chi connectivity index (χ3n) is 1.08. The minimum Gasteiger partial charge on any atom is -0.480 e. The van der Waals surface area contributed by atoms with Crippen molar-refractivity contribution in [1.29, 1.82) is 0 Å². The zero-order chi connectivity index (χ0) is 11.1. The van der Waals surface area contributed by atoms with Crippen LogP contribution in [0.4, 0.5) is 26.3 Å². The number of hydrogen-bond donors (Lipinski definition) is 1. The lowest BCUT2D eigenvalue weighted by atomic mass is 10.1. The zero-order valence-electron chi connectivity index (χ0n) is 5.50. The molecule has 0 aliphatic rings. The van der Waals surface area contributed by atoms with Gasteiger partial charge < -0.3 is 5.11 Å². The summed E-state index contributed by atoms with van der Waals surface area (Å²) in [6.45, 7) is 0. The molecule has 0 saturated heterocycles. The maximum atomic E-state index is 11.7. The van der Waals surface area contributed by atoms with Crippen molar-refractivity contribution >= 4 is 45.0 Å². The molecule has 0 saturated carbocycles. The molecule has 0 heterocycles. The van der Waals surface area contributed by atoms with Gasteiger partial charge in [-0.15, -0.1) is 0 Å². The summed E-state index contributed by atoms with van der Waals surface area (Å²) >= 11 is 1.14. The first-order valence-electron chi connectivity index (χ1n) is 2.50. The van der Waals surface area contributed by atoms with Crippen molar-refractivity contribution in [3.05, 3.63) is 0 Å². The highest BCUT2D eigenvalue weighted by Gasteiger charge is 2.75. The van der Waals surface area contributed by atoms with E-state index < -0.39 is 22.6 Å². The topological polar surface area (TPSA) is 37.3 Å². The molecule has 10 heteroatoms. The summed E-state index contributed by atoms with van der Waals surface area (Å²) < 4.78 is 65.3. The molecule has 0 aromatic rings. The highest BCUT2D eigenvalue weighted by atomic mass is 79.9. The van der Waals surface area contributed by atoms with E-state index in [9.17, 15) is 31.1 Å². The molecular weight excluding hydrogens is 298 g/mol. The Balaban J connectivity index is 0. The Bertz CT molecular complexity index is 209. The van der Waals surface area contributed by atoms with Gasteiger partial charge in [0.25, 0.3) is 0 Å². The number of carboxylic acids is 1. The second kappa shape index (κ2) is 4.43. The fourth-order valence-electron chi connectivity index (χ4n) is 0.403. The van der Waals surface area contributed by atoms with E-state index in [2.05, 4.69) is 0 Å². The molecule has 1 N–H and O–H groups in total. The number of hydrogen-bond acceptors (Lipinski definition) is 1. The second-order valence-electron chi connectivity index (χ2n) is 1.96. The summed E-state index contributed by atoms with van der Waals surface area (Å²) in [5.41, 5.74) is 0. The van der Waals surface area contributed by atoms with E-state index in [0.717, 1.165) is 15.9 Å². The molecule has 0 rings (SSSR count). The van der Waals surface area contributed by atoms with Crippen molar-refractivity contribution in [3.8, 4) is 0 Å². The van der Waals surface area contributed by atoms with E-state index in [0.29, 0.717) is 0 Å². The number of aliphatic carboxylic acids is 1. The molecule has 0 fully saturated rings. The maximum Gasteiger partial charge on any atom is 0.423 e. The predicted molar refractivity (Wildman–Crippen MR) is 39.9 cm³/mol. The van der Waals surface area contributed by atoms with E-state index >= 15 is 0 Å². The number of carboxylic acid groups (broad SMARTS) is 1. The largest absolute Gasteiger partial charge is 0.480 e. The highest BCUT2D eigenvalue weighted by Crippen LogP contribution is 2.49. The molecule has 0 bridgehead atoms. The summed E-state index contributed by atoms with van der Waals surface area (Å²) in [7, 11) is 0. The molecule has 0 aliphatic carbocycles. The Morgan fingerprint density at radius 1 is 1.00 bits per heavy atom. The smallest absolute Gasteiger partial charge is 0.423 e. The minimum absolute atomic E-state index is 0. The van der Waals surface area contributed by atoms with Gasteiger partial charge in [0.1, 0.15) is 0 Å². The normalized spacial score (nSPS) is 13.4. The molecule has 0 aromatic carbocycles. The fraction of sp³-hybridized carbons (Fsp3) is 0.750. The van der Waals surface area contributed by atoms with Gasteiger partial charge in [-0.25, -0.2) is 4.79 Å². The van der Waals surface area contributed by atoms with Gasteiger partial charge in [0.05, 0.1) is 0 Å². The lowest BCUT2D eigenvalue weighted by Crippen LogP contribution is -2.57. The van der Waals surface area contributed by atoms with Gasteiger partial charge in [-0.2, -0.15) is 26.3 Å². The average molecular weight is 301 g/mol. The lowest BCUT2D eigenvalue weighted by Gasteiger charge is -2.27. The number of alkyl halides is 7. The Kier molecular flexibility index (Phi) is 5.29. The summed E-state index contributed by atoms with van der Waals surface area (Å²) in [6, 6.07) is 0. The molecular formula is C4H3BrF6MgO2. The van der Waals surface area contributed by atoms with Crippen molar-refractivity contribution < 1.29 is 36.2 Å². The Hall–Kier alpha value is 0.296. The van der Waals surface area contributed by atoms with E-state index in [4.69, 9.17) is 5.11 Å². The molecule has 0 aromatic heterocycles. The molecule has 14 heavy (non-hydrogen) atoms. The van der Waals surface area contributed by atoms with Crippen LogP contribution in [0.1, 0.15) is 0 Å². The third kappa shape index (κ3) is 2.66. The van der Waals surface area contributed by atoms with Crippen LogP contribution >= 0.6 is 15.9 Å². The second-order valence-corrected chi connectivity index (χ2v) is 3.15. The van der Waals surface area contributed by atoms with Crippen LogP contribution in [0.3, 0.4) is 0 Å². The Morgan fingerprint density at radius 2 is 1.21 bits per heavy atom. The van der Waals surface area contributed by atoms with Gasteiger partial charge in [0.15, 0.2) is 0 Å². The average Bonchev–Trinajstić information content (AvgIpc) is 1.80. The molecule has 0 spiro atoms. The van der Waals surface area contributed by atoms with Crippen LogP contribution < -0.4 is 0 Å². The van der Waals surface area contributed by atoms with Gasteiger partial charge in [-0.3, -0.25) is 0 Å². The van der Waals surface area contributed by atoms with Crippen molar-refractivity contribution in [2.24, 2.45) is 0 Å². The number of rotatable bonds is 1. The number of halogens is 7. The van der Waals surface area contributed by atoms with Crippen LogP contribution in [0.15, 0.2) is 0 Å². The molecule has 2 nitrogen and oxygen atoms in total. The van der Waals surface area contributed by atoms with Crippen LogP contribution in [-0.4, -0.2) is 50.8 Å². The van der Waals surface area contributed by atoms with Gasteiger partial charge >= 0.3 is 45.7 Å². The molecule has 82 valence electrons. The van der Waals surface area contributed by atoms with Crippen molar-refractivity contribution in [2.45, 2.75) is 16.7 Å². The van der Waals surface area contributed by atoms with Crippen molar-refractivity contribution in [1.82, 2.24) is 0 Å². The van der Waals surface area contributed by atoms with Gasteiger partial charge in [-0.1, -0.05) is 15.9 Å². The maximum absolute atomic E-state index is 11.7. The van der Waals surface area contributed by atoms with E-state index in [1.54, 1.807) is 0 Å². The standard InChI is InChI=1S/C4HBrF6O2.Mg.2H/c5-2(1(12)13,3(6,7)8)4(9,10)11;;;/h(H,12,13);;;. The molecule has 0 unspecified atom stereocenters. The third-order valence-corrected chi connectivity index (χ3v) is 2.31. The van der Waals surface area contributed by atoms with Crippen LogP contribution in [-0.2, 0) is 4.79 Å². The Labute approximate surface area is 97.9 Å². The summed E-state index contributed by atoms with van der Waals surface area (Å²) in [6.07, 6.45) is -11.9. The van der Waals surface area contributed by atoms with Gasteiger partial charge in [0.2, 0.25) is 0 Å². The van der Waals surface area contributed by atoms with E-state index in [1.165, 1.54) is 0 Å².